The maximum atomic E-state index is 13.6. The minimum atomic E-state index is -0.262. The van der Waals surface area contributed by atoms with E-state index in [0.29, 0.717) is 5.57 Å². The van der Waals surface area contributed by atoms with Crippen molar-refractivity contribution >= 4 is 17.7 Å². The van der Waals surface area contributed by atoms with Crippen molar-refractivity contribution in [2.75, 3.05) is 11.4 Å². The number of hydrogen-bond acceptors (Lipinski definition) is 2. The summed E-state index contributed by atoms with van der Waals surface area (Å²) in [7, 11) is 0. The Balaban J connectivity index is 1.71. The van der Waals surface area contributed by atoms with Gasteiger partial charge in [0.15, 0.2) is 0 Å². The molecule has 2 heterocycles. The van der Waals surface area contributed by atoms with Crippen LogP contribution in [0.4, 0.5) is 5.69 Å². The molecule has 1 saturated carbocycles. The number of aryl methyl sites for hydroxylation is 1. The zero-order chi connectivity index (χ0) is 21.3. The second-order valence-corrected chi connectivity index (χ2v) is 9.16. The molecule has 160 valence electrons. The molecule has 1 N–H and O–H groups in total. The predicted molar refractivity (Wildman–Crippen MR) is 127 cm³/mol. The highest BCUT2D eigenvalue weighted by molar-refractivity contribution is 6.06. The van der Waals surface area contributed by atoms with Gasteiger partial charge in [0.2, 0.25) is 0 Å². The van der Waals surface area contributed by atoms with Crippen molar-refractivity contribution in [2.45, 2.75) is 83.6 Å². The Hall–Kier alpha value is -2.29. The molecule has 1 aromatic carbocycles. The second-order valence-electron chi connectivity index (χ2n) is 9.16. The standard InChI is InChI=1S/C27H36N2O/c1-5-19(3)27(15-9-7-10-16-27)28-26(30)24-18-22-14-13-21(6-2)23-12-8-11-17-29(20(24)4)25(22)23/h13-14,18H,3-12,15-17H2,1-2H3,(H,28,30). The van der Waals surface area contributed by atoms with Crippen LogP contribution in [0.3, 0.4) is 0 Å². The average Bonchev–Trinajstić information content (AvgIpc) is 3.00. The Bertz CT molecular complexity index is 902. The van der Waals surface area contributed by atoms with Gasteiger partial charge < -0.3 is 10.2 Å². The monoisotopic (exact) mass is 404 g/mol. The molecular weight excluding hydrogens is 368 g/mol. The zero-order valence-electron chi connectivity index (χ0n) is 18.8. The van der Waals surface area contributed by atoms with Crippen LogP contribution in [0.5, 0.6) is 0 Å². The number of amides is 1. The number of rotatable bonds is 5. The van der Waals surface area contributed by atoms with E-state index in [2.05, 4.69) is 55.4 Å². The Morgan fingerprint density at radius 2 is 1.90 bits per heavy atom. The molecule has 0 radical (unpaired) electrons. The predicted octanol–water partition coefficient (Wildman–Crippen LogP) is 6.09. The number of benzene rings is 1. The number of nitrogens with one attached hydrogen (secondary N) is 1. The average molecular weight is 405 g/mol. The molecule has 0 unspecified atom stereocenters. The molecule has 4 rings (SSSR count). The number of hydrogen-bond donors (Lipinski definition) is 1. The van der Waals surface area contributed by atoms with Crippen LogP contribution in [-0.2, 0) is 17.6 Å². The smallest absolute Gasteiger partial charge is 0.254 e. The lowest BCUT2D eigenvalue weighted by Gasteiger charge is -2.41. The maximum absolute atomic E-state index is 13.6. The van der Waals surface area contributed by atoms with E-state index in [4.69, 9.17) is 0 Å². The summed E-state index contributed by atoms with van der Waals surface area (Å²) in [6, 6.07) is 4.44. The lowest BCUT2D eigenvalue weighted by atomic mass is 9.75. The van der Waals surface area contributed by atoms with Crippen LogP contribution >= 0.6 is 0 Å². The SMILES string of the molecule is C=C1C(C(=O)NC2(C(=C)CC)CCCCC2)=Cc2ccc(CC)c3c2N1CCCC3. The highest BCUT2D eigenvalue weighted by atomic mass is 16.2. The van der Waals surface area contributed by atoms with Gasteiger partial charge in [-0.05, 0) is 67.7 Å². The lowest BCUT2D eigenvalue weighted by Crippen LogP contribution is -2.52. The third-order valence-electron chi connectivity index (χ3n) is 7.46. The topological polar surface area (TPSA) is 32.3 Å². The summed E-state index contributed by atoms with van der Waals surface area (Å²) >= 11 is 0. The highest BCUT2D eigenvalue weighted by Crippen LogP contribution is 2.42. The first-order valence-electron chi connectivity index (χ1n) is 11.8. The molecule has 2 aliphatic heterocycles. The second kappa shape index (κ2) is 8.45. The third kappa shape index (κ3) is 3.53. The van der Waals surface area contributed by atoms with Gasteiger partial charge in [0.05, 0.1) is 16.8 Å². The van der Waals surface area contributed by atoms with Crippen molar-refractivity contribution in [1.82, 2.24) is 5.32 Å². The highest BCUT2D eigenvalue weighted by Gasteiger charge is 2.38. The van der Waals surface area contributed by atoms with Crippen LogP contribution in [0, 0.1) is 0 Å². The quantitative estimate of drug-likeness (QED) is 0.603. The molecule has 1 fully saturated rings. The molecule has 3 nitrogen and oxygen atoms in total. The molecule has 3 aliphatic rings. The fourth-order valence-corrected chi connectivity index (χ4v) is 5.62. The Kier molecular flexibility index (Phi) is 5.90. The summed E-state index contributed by atoms with van der Waals surface area (Å²) < 4.78 is 0. The summed E-state index contributed by atoms with van der Waals surface area (Å²) in [6.45, 7) is 14.0. The van der Waals surface area contributed by atoms with E-state index in [-0.39, 0.29) is 11.4 Å². The van der Waals surface area contributed by atoms with E-state index < -0.39 is 0 Å². The molecule has 30 heavy (non-hydrogen) atoms. The molecule has 0 spiro atoms. The van der Waals surface area contributed by atoms with Gasteiger partial charge in [0.25, 0.3) is 5.91 Å². The minimum absolute atomic E-state index is 0.00696. The van der Waals surface area contributed by atoms with Crippen molar-refractivity contribution in [3.8, 4) is 0 Å². The maximum Gasteiger partial charge on any atom is 0.254 e. The van der Waals surface area contributed by atoms with E-state index >= 15 is 0 Å². The fourth-order valence-electron chi connectivity index (χ4n) is 5.62. The molecule has 1 amide bonds. The molecule has 0 bridgehead atoms. The van der Waals surface area contributed by atoms with Gasteiger partial charge in [0.1, 0.15) is 0 Å². The zero-order valence-corrected chi connectivity index (χ0v) is 18.8. The molecule has 0 saturated heterocycles. The molecule has 1 aliphatic carbocycles. The summed E-state index contributed by atoms with van der Waals surface area (Å²) in [5.74, 6) is 0.00696. The van der Waals surface area contributed by atoms with Gasteiger partial charge in [-0.2, -0.15) is 0 Å². The molecule has 3 heteroatoms. The van der Waals surface area contributed by atoms with Crippen molar-refractivity contribution in [1.29, 1.82) is 0 Å². The van der Waals surface area contributed by atoms with E-state index in [1.54, 1.807) is 0 Å². The van der Waals surface area contributed by atoms with Gasteiger partial charge in [0, 0.05) is 12.2 Å². The van der Waals surface area contributed by atoms with Gasteiger partial charge in [-0.1, -0.05) is 64.0 Å². The Morgan fingerprint density at radius 3 is 2.60 bits per heavy atom. The Morgan fingerprint density at radius 1 is 1.13 bits per heavy atom. The first-order chi connectivity index (χ1) is 14.5. The van der Waals surface area contributed by atoms with Gasteiger partial charge in [-0.25, -0.2) is 0 Å². The van der Waals surface area contributed by atoms with Crippen LogP contribution in [-0.4, -0.2) is 18.0 Å². The summed E-state index contributed by atoms with van der Waals surface area (Å²) in [4.78, 5) is 15.9. The minimum Gasteiger partial charge on any atom is -0.343 e. The third-order valence-corrected chi connectivity index (χ3v) is 7.46. The van der Waals surface area contributed by atoms with Crippen molar-refractivity contribution in [3.63, 3.8) is 0 Å². The van der Waals surface area contributed by atoms with Crippen molar-refractivity contribution in [2.24, 2.45) is 0 Å². The molecule has 0 atom stereocenters. The number of anilines is 1. The molecule has 1 aromatic rings. The van der Waals surface area contributed by atoms with Gasteiger partial charge in [-0.15, -0.1) is 0 Å². The summed E-state index contributed by atoms with van der Waals surface area (Å²) in [5, 5.41) is 3.44. The van der Waals surface area contributed by atoms with Crippen molar-refractivity contribution < 1.29 is 4.79 Å². The first kappa shape index (κ1) is 21.0. The van der Waals surface area contributed by atoms with E-state index in [1.165, 1.54) is 29.7 Å². The lowest BCUT2D eigenvalue weighted by molar-refractivity contribution is -0.119. The van der Waals surface area contributed by atoms with Crippen LogP contribution in [0.2, 0.25) is 0 Å². The van der Waals surface area contributed by atoms with E-state index in [0.717, 1.165) is 74.7 Å². The summed E-state index contributed by atoms with van der Waals surface area (Å²) in [5.41, 5.74) is 7.79. The molecule has 0 aromatic heterocycles. The first-order valence-corrected chi connectivity index (χ1v) is 11.8. The largest absolute Gasteiger partial charge is 0.343 e. The number of carbonyl (C=O) groups excluding carboxylic acids is 1. The summed E-state index contributed by atoms with van der Waals surface area (Å²) in [6.07, 6.45) is 13.0. The van der Waals surface area contributed by atoms with Crippen LogP contribution in [0.25, 0.3) is 6.08 Å². The van der Waals surface area contributed by atoms with Crippen LogP contribution in [0.1, 0.15) is 81.9 Å². The fraction of sp³-hybridized carbons (Fsp3) is 0.519. The number of nitrogens with zero attached hydrogens (tertiary/aromatic N) is 1. The van der Waals surface area contributed by atoms with Crippen LogP contribution in [0.15, 0.2) is 42.1 Å². The normalized spacial score (nSPS) is 20.1. The van der Waals surface area contributed by atoms with Gasteiger partial charge >= 0.3 is 0 Å². The van der Waals surface area contributed by atoms with Gasteiger partial charge in [-0.3, -0.25) is 4.79 Å². The van der Waals surface area contributed by atoms with E-state index in [1.807, 2.05) is 0 Å². The van der Waals surface area contributed by atoms with Crippen LogP contribution < -0.4 is 10.2 Å². The molecular formula is C27H36N2O. The Labute approximate surface area is 181 Å². The number of carbonyl (C=O) groups is 1. The van der Waals surface area contributed by atoms with Crippen molar-refractivity contribution in [3.05, 3.63) is 58.8 Å². The van der Waals surface area contributed by atoms with E-state index in [9.17, 15) is 4.79 Å².